The molecule has 2 aromatic rings. The topological polar surface area (TPSA) is 94.6 Å². The van der Waals surface area contributed by atoms with E-state index in [1.165, 1.54) is 11.2 Å². The smallest absolute Gasteiger partial charge is 0.243 e. The lowest BCUT2D eigenvalue weighted by atomic mass is 10.3. The van der Waals surface area contributed by atoms with E-state index < -0.39 is 10.0 Å². The van der Waals surface area contributed by atoms with Gasteiger partial charge in [0.15, 0.2) is 5.11 Å². The first-order chi connectivity index (χ1) is 13.9. The Morgan fingerprint density at radius 1 is 1.14 bits per heavy atom. The van der Waals surface area contributed by atoms with Crippen molar-refractivity contribution in [1.29, 1.82) is 0 Å². The molecule has 1 amide bonds. The molecule has 2 heterocycles. The van der Waals surface area contributed by atoms with Crippen LogP contribution in [0.25, 0.3) is 0 Å². The van der Waals surface area contributed by atoms with Gasteiger partial charge in [0, 0.05) is 57.7 Å². The van der Waals surface area contributed by atoms with E-state index >= 15 is 0 Å². The number of carbonyl (C=O) groups excluding carboxylic acids is 1. The predicted molar refractivity (Wildman–Crippen MR) is 115 cm³/mol. The van der Waals surface area contributed by atoms with E-state index in [9.17, 15) is 13.2 Å². The van der Waals surface area contributed by atoms with Crippen molar-refractivity contribution >= 4 is 38.9 Å². The first-order valence-electron chi connectivity index (χ1n) is 9.16. The molecule has 0 saturated carbocycles. The minimum atomic E-state index is -3.59. The second kappa shape index (κ2) is 9.29. The molecule has 1 aromatic heterocycles. The third kappa shape index (κ3) is 5.49. The molecule has 1 fully saturated rings. The van der Waals surface area contributed by atoms with Crippen LogP contribution in [0.2, 0.25) is 0 Å². The summed E-state index contributed by atoms with van der Waals surface area (Å²) in [6.45, 7) is 3.44. The number of nitrogens with one attached hydrogen (secondary N) is 2. The minimum Gasteiger partial charge on any atom is -0.358 e. The molecule has 154 valence electrons. The number of carbonyl (C=O) groups is 1. The Hall–Kier alpha value is -2.56. The molecule has 2 N–H and O–H groups in total. The molecule has 3 rings (SSSR count). The summed E-state index contributed by atoms with van der Waals surface area (Å²) in [6, 6.07) is 10.3. The van der Waals surface area contributed by atoms with Gasteiger partial charge >= 0.3 is 0 Å². The first kappa shape index (κ1) is 21.2. The maximum absolute atomic E-state index is 12.8. The van der Waals surface area contributed by atoms with E-state index in [1.807, 2.05) is 12.1 Å². The zero-order valence-electron chi connectivity index (χ0n) is 16.0. The molecule has 10 heteroatoms. The van der Waals surface area contributed by atoms with E-state index in [0.29, 0.717) is 43.5 Å². The SMILES string of the molecule is CC(=O)N1CCN(S(=O)(=O)c2ccc(NC(=S)NCc3cccnc3)cc2)CC1. The summed E-state index contributed by atoms with van der Waals surface area (Å²) in [5.41, 5.74) is 1.69. The van der Waals surface area contributed by atoms with Gasteiger partial charge in [-0.25, -0.2) is 8.42 Å². The van der Waals surface area contributed by atoms with Crippen LogP contribution >= 0.6 is 12.2 Å². The number of thiocarbonyl (C=S) groups is 1. The van der Waals surface area contributed by atoms with E-state index in [-0.39, 0.29) is 10.8 Å². The molecule has 1 aliphatic heterocycles. The Bertz CT molecular complexity index is 957. The van der Waals surface area contributed by atoms with Crippen molar-refractivity contribution < 1.29 is 13.2 Å². The fourth-order valence-electron chi connectivity index (χ4n) is 2.96. The van der Waals surface area contributed by atoms with Crippen molar-refractivity contribution in [2.24, 2.45) is 0 Å². The molecule has 0 spiro atoms. The number of nitrogens with zero attached hydrogens (tertiary/aromatic N) is 3. The minimum absolute atomic E-state index is 0.0365. The number of pyridine rings is 1. The highest BCUT2D eigenvalue weighted by Crippen LogP contribution is 2.20. The highest BCUT2D eigenvalue weighted by Gasteiger charge is 2.29. The summed E-state index contributed by atoms with van der Waals surface area (Å²) in [4.78, 5) is 17.3. The first-order valence-corrected chi connectivity index (χ1v) is 11.0. The Morgan fingerprint density at radius 2 is 1.83 bits per heavy atom. The number of benzene rings is 1. The van der Waals surface area contributed by atoms with Crippen LogP contribution < -0.4 is 10.6 Å². The highest BCUT2D eigenvalue weighted by atomic mass is 32.2. The van der Waals surface area contributed by atoms with Gasteiger partial charge in [-0.15, -0.1) is 0 Å². The van der Waals surface area contributed by atoms with Crippen molar-refractivity contribution in [3.05, 3.63) is 54.4 Å². The summed E-state index contributed by atoms with van der Waals surface area (Å²) in [5.74, 6) is -0.0365. The highest BCUT2D eigenvalue weighted by molar-refractivity contribution is 7.89. The third-order valence-corrected chi connectivity index (χ3v) is 6.77. The quantitative estimate of drug-likeness (QED) is 0.689. The van der Waals surface area contributed by atoms with Crippen molar-refractivity contribution in [3.8, 4) is 0 Å². The van der Waals surface area contributed by atoms with Crippen LogP contribution in [-0.2, 0) is 21.4 Å². The monoisotopic (exact) mass is 433 g/mol. The van der Waals surface area contributed by atoms with Gasteiger partial charge in [-0.3, -0.25) is 9.78 Å². The van der Waals surface area contributed by atoms with Crippen LogP contribution in [0, 0.1) is 0 Å². The number of hydrogen-bond acceptors (Lipinski definition) is 5. The molecule has 0 bridgehead atoms. The van der Waals surface area contributed by atoms with Crippen LogP contribution in [0.1, 0.15) is 12.5 Å². The Labute approximate surface area is 176 Å². The average molecular weight is 434 g/mol. The third-order valence-electron chi connectivity index (χ3n) is 4.61. The predicted octanol–water partition coefficient (Wildman–Crippen LogP) is 1.42. The number of piperazine rings is 1. The number of rotatable bonds is 5. The van der Waals surface area contributed by atoms with Gasteiger partial charge in [-0.1, -0.05) is 6.07 Å². The zero-order valence-corrected chi connectivity index (χ0v) is 17.7. The lowest BCUT2D eigenvalue weighted by Gasteiger charge is -2.33. The maximum atomic E-state index is 12.8. The molecule has 0 atom stereocenters. The van der Waals surface area contributed by atoms with Crippen molar-refractivity contribution in [3.63, 3.8) is 0 Å². The van der Waals surface area contributed by atoms with Gasteiger partial charge in [0.1, 0.15) is 0 Å². The van der Waals surface area contributed by atoms with E-state index in [2.05, 4.69) is 15.6 Å². The van der Waals surface area contributed by atoms with Gasteiger partial charge in [0.25, 0.3) is 0 Å². The molecule has 29 heavy (non-hydrogen) atoms. The summed E-state index contributed by atoms with van der Waals surface area (Å²) in [6.07, 6.45) is 3.46. The van der Waals surface area contributed by atoms with Crippen molar-refractivity contribution in [1.82, 2.24) is 19.5 Å². The Kier molecular flexibility index (Phi) is 6.78. The second-order valence-electron chi connectivity index (χ2n) is 6.60. The molecule has 0 unspecified atom stereocenters. The fraction of sp³-hybridized carbons (Fsp3) is 0.316. The number of sulfonamides is 1. The van der Waals surface area contributed by atoms with Gasteiger partial charge < -0.3 is 15.5 Å². The van der Waals surface area contributed by atoms with Crippen LogP contribution in [-0.4, -0.2) is 59.8 Å². The summed E-state index contributed by atoms with van der Waals surface area (Å²) >= 11 is 5.27. The largest absolute Gasteiger partial charge is 0.358 e. The Morgan fingerprint density at radius 3 is 2.41 bits per heavy atom. The van der Waals surface area contributed by atoms with Crippen molar-refractivity contribution in [2.45, 2.75) is 18.4 Å². The van der Waals surface area contributed by atoms with Gasteiger partial charge in [0.05, 0.1) is 4.90 Å². The maximum Gasteiger partial charge on any atom is 0.243 e. The number of amides is 1. The molecule has 1 aliphatic rings. The average Bonchev–Trinajstić information content (AvgIpc) is 2.73. The molecule has 0 aliphatic carbocycles. The number of hydrogen-bond donors (Lipinski definition) is 2. The van der Waals surface area contributed by atoms with Crippen LogP contribution in [0.4, 0.5) is 5.69 Å². The number of aromatic nitrogens is 1. The van der Waals surface area contributed by atoms with Gasteiger partial charge in [0.2, 0.25) is 15.9 Å². The van der Waals surface area contributed by atoms with Crippen LogP contribution in [0.15, 0.2) is 53.7 Å². The standard InChI is InChI=1S/C19H23N5O3S2/c1-15(25)23-9-11-24(12-10-23)29(26,27)18-6-4-17(5-7-18)22-19(28)21-14-16-3-2-8-20-13-16/h2-8,13H,9-12,14H2,1H3,(H2,21,22,28). The Balaban J connectivity index is 1.56. The van der Waals surface area contributed by atoms with E-state index in [1.54, 1.807) is 41.6 Å². The zero-order chi connectivity index (χ0) is 20.9. The molecular formula is C19H23N5O3S2. The molecule has 1 saturated heterocycles. The van der Waals surface area contributed by atoms with Crippen LogP contribution in [0.3, 0.4) is 0 Å². The van der Waals surface area contributed by atoms with Crippen molar-refractivity contribution in [2.75, 3.05) is 31.5 Å². The summed E-state index contributed by atoms with van der Waals surface area (Å²) in [5, 5.41) is 6.55. The number of anilines is 1. The van der Waals surface area contributed by atoms with Gasteiger partial charge in [-0.2, -0.15) is 4.31 Å². The molecule has 1 aromatic carbocycles. The summed E-state index contributed by atoms with van der Waals surface area (Å²) < 4.78 is 27.0. The van der Waals surface area contributed by atoms with Gasteiger partial charge in [-0.05, 0) is 48.1 Å². The summed E-state index contributed by atoms with van der Waals surface area (Å²) in [7, 11) is -3.59. The van der Waals surface area contributed by atoms with E-state index in [0.717, 1.165) is 5.56 Å². The molecule has 0 radical (unpaired) electrons. The molecule has 8 nitrogen and oxygen atoms in total. The lowest BCUT2D eigenvalue weighted by molar-refractivity contribution is -0.129. The fourth-order valence-corrected chi connectivity index (χ4v) is 4.58. The second-order valence-corrected chi connectivity index (χ2v) is 8.95. The normalized spacial score (nSPS) is 15.0. The van der Waals surface area contributed by atoms with Crippen LogP contribution in [0.5, 0.6) is 0 Å². The molecular weight excluding hydrogens is 410 g/mol. The van der Waals surface area contributed by atoms with E-state index in [4.69, 9.17) is 12.2 Å². The lowest BCUT2D eigenvalue weighted by Crippen LogP contribution is -2.49.